The zero-order chi connectivity index (χ0) is 31.9. The molecule has 0 unspecified atom stereocenters. The molecule has 2 N–H and O–H groups in total. The molecule has 1 aliphatic rings. The van der Waals surface area contributed by atoms with Gasteiger partial charge >= 0.3 is 0 Å². The van der Waals surface area contributed by atoms with Crippen molar-refractivity contribution in [3.05, 3.63) is 49.9 Å². The first-order chi connectivity index (χ1) is 21.2. The van der Waals surface area contributed by atoms with Crippen molar-refractivity contribution in [3.8, 4) is 17.1 Å². The van der Waals surface area contributed by atoms with Crippen LogP contribution < -0.4 is 10.3 Å². The number of aromatic amines is 1. The number of hydrogen-bond donors (Lipinski definition) is 2. The van der Waals surface area contributed by atoms with Crippen molar-refractivity contribution in [1.29, 1.82) is 0 Å². The van der Waals surface area contributed by atoms with Crippen LogP contribution in [0.5, 0.6) is 5.75 Å². The zero-order valence-electron chi connectivity index (χ0n) is 25.3. The van der Waals surface area contributed by atoms with E-state index in [1.54, 1.807) is 10.6 Å². The number of sulfonamides is 1. The monoisotopic (exact) mass is 632 g/mol. The number of ether oxygens (including phenoxy) is 1. The lowest BCUT2D eigenvalue weighted by Gasteiger charge is -2.31. The van der Waals surface area contributed by atoms with Crippen molar-refractivity contribution < 1.29 is 28.3 Å². The van der Waals surface area contributed by atoms with Crippen molar-refractivity contribution in [2.75, 3.05) is 26.3 Å². The minimum atomic E-state index is -3.88. The Labute approximate surface area is 255 Å². The predicted molar refractivity (Wildman–Crippen MR) is 164 cm³/mol. The topological polar surface area (TPSA) is 182 Å². The number of oxime groups is 1. The highest BCUT2D eigenvalue weighted by atomic mass is 32.2. The second-order valence-electron chi connectivity index (χ2n) is 10.8. The lowest BCUT2D eigenvalue weighted by molar-refractivity contribution is -0.757. The van der Waals surface area contributed by atoms with Gasteiger partial charge in [-0.25, -0.2) is 13.4 Å². The van der Waals surface area contributed by atoms with E-state index < -0.39 is 20.7 Å². The van der Waals surface area contributed by atoms with E-state index in [9.17, 15) is 28.5 Å². The van der Waals surface area contributed by atoms with Crippen molar-refractivity contribution in [2.45, 2.75) is 77.2 Å². The Balaban J connectivity index is 1.71. The van der Waals surface area contributed by atoms with E-state index in [1.807, 2.05) is 20.8 Å². The number of aryl methyl sites for hydroxylation is 2. The number of piperidine rings is 1. The number of rotatable bonds is 15. The van der Waals surface area contributed by atoms with Gasteiger partial charge in [0.05, 0.1) is 35.6 Å². The maximum atomic E-state index is 13.8. The summed E-state index contributed by atoms with van der Waals surface area (Å²) in [6.45, 7) is 7.36. The van der Waals surface area contributed by atoms with Crippen LogP contribution in [0.4, 0.5) is 0 Å². The Morgan fingerprint density at radius 1 is 1.20 bits per heavy atom. The summed E-state index contributed by atoms with van der Waals surface area (Å²) >= 11 is 0. The second-order valence-corrected chi connectivity index (χ2v) is 12.7. The second kappa shape index (κ2) is 14.7. The Morgan fingerprint density at radius 2 is 1.95 bits per heavy atom. The summed E-state index contributed by atoms with van der Waals surface area (Å²) < 4.78 is 36.7. The number of hydrogen-bond acceptors (Lipinski definition) is 10. The number of H-pyrrole nitrogens is 1. The highest BCUT2D eigenvalue weighted by molar-refractivity contribution is 7.89. The molecule has 1 aliphatic heterocycles. The van der Waals surface area contributed by atoms with Crippen LogP contribution >= 0.6 is 0 Å². The molecule has 0 aliphatic carbocycles. The molecule has 44 heavy (non-hydrogen) atoms. The zero-order valence-corrected chi connectivity index (χ0v) is 26.1. The molecule has 0 spiro atoms. The molecule has 1 aromatic carbocycles. The Kier molecular flexibility index (Phi) is 11.0. The van der Waals surface area contributed by atoms with Crippen molar-refractivity contribution in [3.63, 3.8) is 0 Å². The van der Waals surface area contributed by atoms with Crippen LogP contribution in [0.3, 0.4) is 0 Å². The summed E-state index contributed by atoms with van der Waals surface area (Å²) in [6, 6.07) is 4.60. The normalized spacial score (nSPS) is 14.9. The quantitative estimate of drug-likeness (QED) is 0.0809. The number of nitrogens with one attached hydrogen (secondary N) is 1. The summed E-state index contributed by atoms with van der Waals surface area (Å²) in [5.74, 6) is 0.833. The van der Waals surface area contributed by atoms with Crippen molar-refractivity contribution >= 4 is 27.3 Å². The van der Waals surface area contributed by atoms with Gasteiger partial charge < -0.3 is 24.3 Å². The third kappa shape index (κ3) is 7.04. The van der Waals surface area contributed by atoms with Gasteiger partial charge in [-0.05, 0) is 69.6 Å². The van der Waals surface area contributed by atoms with Crippen molar-refractivity contribution in [2.24, 2.45) is 11.1 Å². The highest BCUT2D eigenvalue weighted by Crippen LogP contribution is 2.34. The molecule has 1 fully saturated rings. The summed E-state index contributed by atoms with van der Waals surface area (Å²) in [5, 5.41) is 22.1. The van der Waals surface area contributed by atoms with Crippen LogP contribution in [-0.2, 0) is 27.8 Å². The summed E-state index contributed by atoms with van der Waals surface area (Å²) in [5.41, 5.74) is 2.12. The van der Waals surface area contributed by atoms with Crippen LogP contribution in [0.15, 0.2) is 33.0 Å². The minimum Gasteiger partial charge on any atom is -0.493 e. The number of nitrogens with zero attached hydrogens (tertiary/aromatic N) is 5. The van der Waals surface area contributed by atoms with E-state index >= 15 is 0 Å². The van der Waals surface area contributed by atoms with Gasteiger partial charge in [0.25, 0.3) is 10.6 Å². The molecular weight excluding hydrogens is 592 g/mol. The fourth-order valence-corrected chi connectivity index (χ4v) is 7.27. The summed E-state index contributed by atoms with van der Waals surface area (Å²) in [6.07, 6.45) is 5.92. The highest BCUT2D eigenvalue weighted by Gasteiger charge is 2.30. The average Bonchev–Trinajstić information content (AvgIpc) is 3.31. The lowest BCUT2D eigenvalue weighted by Crippen LogP contribution is -2.38. The van der Waals surface area contributed by atoms with Gasteiger partial charge in [-0.15, -0.1) is 10.1 Å². The molecule has 3 heterocycles. The molecule has 4 rings (SSSR count). The maximum Gasteiger partial charge on any atom is 0.294 e. The molecular formula is C29H40N6O8S. The number of benzene rings is 1. The van der Waals surface area contributed by atoms with E-state index in [-0.39, 0.29) is 23.2 Å². The maximum absolute atomic E-state index is 13.8. The van der Waals surface area contributed by atoms with Gasteiger partial charge in [0, 0.05) is 25.2 Å². The molecule has 0 bridgehead atoms. The first kappa shape index (κ1) is 32.9. The molecule has 240 valence electrons. The van der Waals surface area contributed by atoms with Crippen LogP contribution in [0.1, 0.15) is 70.6 Å². The first-order valence-corrected chi connectivity index (χ1v) is 16.5. The molecule has 3 aromatic rings. The molecule has 1 saturated heterocycles. The largest absolute Gasteiger partial charge is 0.493 e. The summed E-state index contributed by atoms with van der Waals surface area (Å²) in [4.78, 5) is 36.0. The van der Waals surface area contributed by atoms with Crippen LogP contribution in [0.25, 0.3) is 22.4 Å². The van der Waals surface area contributed by atoms with Gasteiger partial charge in [-0.2, -0.15) is 4.31 Å². The third-order valence-electron chi connectivity index (χ3n) is 7.88. The molecule has 14 nitrogen and oxygen atoms in total. The smallest absolute Gasteiger partial charge is 0.294 e. The molecule has 0 radical (unpaired) electrons. The predicted octanol–water partition coefficient (Wildman–Crippen LogP) is 4.35. The summed E-state index contributed by atoms with van der Waals surface area (Å²) in [7, 11) is -3.88. The van der Waals surface area contributed by atoms with Gasteiger partial charge in [-0.3, -0.25) is 4.79 Å². The molecule has 0 saturated carbocycles. The minimum absolute atomic E-state index is 0.0299. The molecule has 15 heteroatoms. The van der Waals surface area contributed by atoms with Crippen LogP contribution in [-0.4, -0.2) is 70.1 Å². The van der Waals surface area contributed by atoms with Crippen LogP contribution in [0, 0.1) is 16.0 Å². The number of aromatic nitrogens is 3. The van der Waals surface area contributed by atoms with Gasteiger partial charge in [0.15, 0.2) is 0 Å². The molecule has 0 atom stereocenters. The van der Waals surface area contributed by atoms with E-state index in [0.29, 0.717) is 80.0 Å². The lowest BCUT2D eigenvalue weighted by atomic mass is 9.93. The SMILES string of the molecule is CCCOc1ccc(S(=O)(=O)N2CCC(CCCO[N+](=O)[O-])CC2)cc1-c1nc2c(CCC)c(/C=N/O)n(CC)c2c(=O)[nH]1. The van der Waals surface area contributed by atoms with E-state index in [0.717, 1.165) is 24.8 Å². The van der Waals surface area contributed by atoms with Gasteiger partial charge in [0.2, 0.25) is 10.0 Å². The Hall–Kier alpha value is -3.98. The van der Waals surface area contributed by atoms with E-state index in [1.165, 1.54) is 22.7 Å². The van der Waals surface area contributed by atoms with Gasteiger partial charge in [-0.1, -0.05) is 25.4 Å². The Bertz CT molecular complexity index is 1660. The first-order valence-electron chi connectivity index (χ1n) is 15.0. The molecule has 2 aromatic heterocycles. The Morgan fingerprint density at radius 3 is 2.59 bits per heavy atom. The van der Waals surface area contributed by atoms with Gasteiger partial charge in [0.1, 0.15) is 22.6 Å². The average molecular weight is 633 g/mol. The third-order valence-corrected chi connectivity index (χ3v) is 9.77. The fraction of sp³-hybridized carbons (Fsp3) is 0.552. The molecule has 0 amide bonds. The van der Waals surface area contributed by atoms with Crippen LogP contribution in [0.2, 0.25) is 0 Å². The number of fused-ring (bicyclic) bond motifs is 1. The standard InChI is InChI=1S/C29H40N6O8S/c1-4-8-22-24(19-30-37)34(6-3)27-26(22)31-28(32-29(27)36)23-18-21(10-11-25(23)42-16-5-2)44(40,41)33-14-12-20(13-15-33)9-7-17-43-35(38)39/h10-11,18-20,37H,4-9,12-17H2,1-3H3,(H,31,32,36)/b30-19+. The van der Waals surface area contributed by atoms with E-state index in [4.69, 9.17) is 9.72 Å². The fourth-order valence-electron chi connectivity index (χ4n) is 5.78. The van der Waals surface area contributed by atoms with Crippen molar-refractivity contribution in [1.82, 2.24) is 18.8 Å². The van der Waals surface area contributed by atoms with E-state index in [2.05, 4.69) is 15.0 Å².